The molecule has 0 atom stereocenters. The van der Waals surface area contributed by atoms with Crippen molar-refractivity contribution < 1.29 is 0 Å². The first-order chi connectivity index (χ1) is 10.8. The Morgan fingerprint density at radius 3 is 2.00 bits per heavy atom. The van der Waals surface area contributed by atoms with Crippen LogP contribution in [0.5, 0.6) is 0 Å². The monoisotopic (exact) mass is 300 g/mol. The molecule has 0 radical (unpaired) electrons. The summed E-state index contributed by atoms with van der Waals surface area (Å²) in [5.74, 6) is 0. The molecule has 4 aromatic rings. The minimum absolute atomic E-state index is 1.29. The number of fused-ring (bicyclic) bond motifs is 1. The molecule has 0 spiro atoms. The van der Waals surface area contributed by atoms with E-state index in [9.17, 15) is 0 Å². The van der Waals surface area contributed by atoms with Gasteiger partial charge in [0.05, 0.1) is 0 Å². The molecule has 0 unspecified atom stereocenters. The zero-order valence-corrected chi connectivity index (χ0v) is 13.2. The van der Waals surface area contributed by atoms with Crippen LogP contribution in [-0.4, -0.2) is 0 Å². The van der Waals surface area contributed by atoms with Gasteiger partial charge in [0, 0.05) is 9.75 Å². The van der Waals surface area contributed by atoms with E-state index in [4.69, 9.17) is 0 Å². The van der Waals surface area contributed by atoms with E-state index >= 15 is 0 Å². The highest BCUT2D eigenvalue weighted by atomic mass is 32.1. The van der Waals surface area contributed by atoms with E-state index in [-0.39, 0.29) is 0 Å². The molecule has 106 valence electrons. The summed E-state index contributed by atoms with van der Waals surface area (Å²) in [5.41, 5.74) is 3.89. The lowest BCUT2D eigenvalue weighted by molar-refractivity contribution is 1.48. The third-order valence-corrected chi connectivity index (χ3v) is 5.16. The van der Waals surface area contributed by atoms with Crippen LogP contribution >= 0.6 is 11.3 Å². The van der Waals surface area contributed by atoms with E-state index < -0.39 is 0 Å². The fourth-order valence-electron chi connectivity index (χ4n) is 2.71. The van der Waals surface area contributed by atoms with Gasteiger partial charge in [-0.1, -0.05) is 66.2 Å². The number of rotatable bonds is 2. The van der Waals surface area contributed by atoms with Crippen molar-refractivity contribution in [3.05, 3.63) is 84.4 Å². The fraction of sp³-hybridized carbons (Fsp3) is 0.0476. The van der Waals surface area contributed by atoms with Gasteiger partial charge in [-0.15, -0.1) is 11.3 Å². The highest BCUT2D eigenvalue weighted by molar-refractivity contribution is 7.18. The Labute approximate surface area is 134 Å². The van der Waals surface area contributed by atoms with Crippen molar-refractivity contribution in [2.45, 2.75) is 6.92 Å². The third kappa shape index (κ3) is 2.44. The highest BCUT2D eigenvalue weighted by Crippen LogP contribution is 2.35. The molecule has 0 saturated heterocycles. The van der Waals surface area contributed by atoms with E-state index in [1.54, 1.807) is 0 Å². The van der Waals surface area contributed by atoms with Crippen molar-refractivity contribution in [2.24, 2.45) is 0 Å². The van der Waals surface area contributed by atoms with E-state index in [2.05, 4.69) is 85.8 Å². The maximum absolute atomic E-state index is 2.28. The van der Waals surface area contributed by atoms with Gasteiger partial charge in [-0.3, -0.25) is 0 Å². The van der Waals surface area contributed by atoms with Gasteiger partial charge < -0.3 is 0 Å². The Morgan fingerprint density at radius 1 is 0.591 bits per heavy atom. The Bertz CT molecular complexity index is 929. The molecule has 0 bridgehead atoms. The largest absolute Gasteiger partial charge is 0.135 e. The molecule has 0 amide bonds. The lowest BCUT2D eigenvalue weighted by Crippen LogP contribution is -1.75. The molecule has 0 aliphatic heterocycles. The average Bonchev–Trinajstić information content (AvgIpc) is 3.05. The van der Waals surface area contributed by atoms with Gasteiger partial charge in [0.1, 0.15) is 0 Å². The summed E-state index contributed by atoms with van der Waals surface area (Å²) in [6, 6.07) is 28.4. The summed E-state index contributed by atoms with van der Waals surface area (Å²) < 4.78 is 0. The number of hydrogen-bond donors (Lipinski definition) is 0. The van der Waals surface area contributed by atoms with Gasteiger partial charge in [0.15, 0.2) is 0 Å². The molecule has 4 rings (SSSR count). The van der Waals surface area contributed by atoms with Crippen molar-refractivity contribution in [1.29, 1.82) is 0 Å². The molecule has 1 heteroatoms. The molecular formula is C21H16S. The average molecular weight is 300 g/mol. The Balaban J connectivity index is 1.74. The van der Waals surface area contributed by atoms with Crippen molar-refractivity contribution in [2.75, 3.05) is 0 Å². The van der Waals surface area contributed by atoms with E-state index in [1.807, 2.05) is 11.3 Å². The molecule has 22 heavy (non-hydrogen) atoms. The molecule has 3 aromatic carbocycles. The maximum atomic E-state index is 2.28. The van der Waals surface area contributed by atoms with Crippen LogP contribution in [0.2, 0.25) is 0 Å². The Kier molecular flexibility index (Phi) is 3.28. The van der Waals surface area contributed by atoms with Gasteiger partial charge in [-0.25, -0.2) is 0 Å². The first kappa shape index (κ1) is 13.3. The van der Waals surface area contributed by atoms with Gasteiger partial charge in [-0.2, -0.15) is 0 Å². The zero-order chi connectivity index (χ0) is 14.9. The molecule has 0 aliphatic rings. The predicted molar refractivity (Wildman–Crippen MR) is 97.4 cm³/mol. The minimum Gasteiger partial charge on any atom is -0.135 e. The minimum atomic E-state index is 1.29. The molecule has 1 heterocycles. The van der Waals surface area contributed by atoms with E-state index in [1.165, 1.54) is 37.2 Å². The summed E-state index contributed by atoms with van der Waals surface area (Å²) in [6.45, 7) is 2.12. The van der Waals surface area contributed by atoms with E-state index in [0.717, 1.165) is 0 Å². The highest BCUT2D eigenvalue weighted by Gasteiger charge is 2.05. The van der Waals surface area contributed by atoms with Crippen molar-refractivity contribution in [3.8, 4) is 20.9 Å². The van der Waals surface area contributed by atoms with Crippen LogP contribution in [-0.2, 0) is 0 Å². The molecule has 0 saturated carbocycles. The number of aryl methyl sites for hydroxylation is 1. The van der Waals surface area contributed by atoms with Crippen molar-refractivity contribution >= 4 is 22.1 Å². The predicted octanol–water partition coefficient (Wildman–Crippen LogP) is 6.54. The summed E-state index contributed by atoms with van der Waals surface area (Å²) in [6.07, 6.45) is 0. The SMILES string of the molecule is Cc1ccc(-c2ccc(-c3ccc4ccccc4c3)s2)cc1. The smallest absolute Gasteiger partial charge is 0.0349 e. The second-order valence-corrected chi connectivity index (χ2v) is 6.68. The van der Waals surface area contributed by atoms with Gasteiger partial charge in [0.2, 0.25) is 0 Å². The van der Waals surface area contributed by atoms with Crippen LogP contribution in [0.15, 0.2) is 78.9 Å². The number of thiophene rings is 1. The second kappa shape index (κ2) is 5.43. The lowest BCUT2D eigenvalue weighted by Gasteiger charge is -2.01. The molecular weight excluding hydrogens is 284 g/mol. The number of hydrogen-bond acceptors (Lipinski definition) is 1. The van der Waals surface area contributed by atoms with Crippen LogP contribution in [0.3, 0.4) is 0 Å². The number of benzene rings is 3. The second-order valence-electron chi connectivity index (χ2n) is 5.59. The van der Waals surface area contributed by atoms with E-state index in [0.29, 0.717) is 0 Å². The van der Waals surface area contributed by atoms with Gasteiger partial charge in [-0.05, 0) is 47.0 Å². The van der Waals surface area contributed by atoms with Gasteiger partial charge in [0.25, 0.3) is 0 Å². The van der Waals surface area contributed by atoms with Gasteiger partial charge >= 0.3 is 0 Å². The summed E-state index contributed by atoms with van der Waals surface area (Å²) in [5, 5.41) is 2.59. The first-order valence-corrected chi connectivity index (χ1v) is 8.27. The molecule has 0 nitrogen and oxygen atoms in total. The lowest BCUT2D eigenvalue weighted by atomic mass is 10.1. The summed E-state index contributed by atoms with van der Waals surface area (Å²) in [4.78, 5) is 2.64. The maximum Gasteiger partial charge on any atom is 0.0349 e. The zero-order valence-electron chi connectivity index (χ0n) is 12.4. The van der Waals surface area contributed by atoms with Crippen molar-refractivity contribution in [3.63, 3.8) is 0 Å². The summed E-state index contributed by atoms with van der Waals surface area (Å²) in [7, 11) is 0. The molecule has 0 fully saturated rings. The Hall–Kier alpha value is -2.38. The first-order valence-electron chi connectivity index (χ1n) is 7.46. The topological polar surface area (TPSA) is 0 Å². The Morgan fingerprint density at radius 2 is 1.23 bits per heavy atom. The molecule has 0 N–H and O–H groups in total. The van der Waals surface area contributed by atoms with Crippen LogP contribution < -0.4 is 0 Å². The van der Waals surface area contributed by atoms with Crippen LogP contribution in [0, 0.1) is 6.92 Å². The fourth-order valence-corrected chi connectivity index (χ4v) is 3.72. The van der Waals surface area contributed by atoms with Crippen LogP contribution in [0.4, 0.5) is 0 Å². The normalized spacial score (nSPS) is 11.0. The van der Waals surface area contributed by atoms with Crippen LogP contribution in [0.25, 0.3) is 31.7 Å². The third-order valence-electron chi connectivity index (χ3n) is 3.98. The quantitative estimate of drug-likeness (QED) is 0.394. The molecule has 1 aromatic heterocycles. The van der Waals surface area contributed by atoms with Crippen molar-refractivity contribution in [1.82, 2.24) is 0 Å². The standard InChI is InChI=1S/C21H16S/c1-15-6-8-17(9-7-15)20-12-13-21(22-20)19-11-10-16-4-2-3-5-18(16)14-19/h2-14H,1H3. The summed E-state index contributed by atoms with van der Waals surface area (Å²) >= 11 is 1.85. The van der Waals surface area contributed by atoms with Crippen LogP contribution in [0.1, 0.15) is 5.56 Å². The molecule has 0 aliphatic carbocycles.